The Bertz CT molecular complexity index is 935. The van der Waals surface area contributed by atoms with Gasteiger partial charge in [-0.3, -0.25) is 0 Å². The van der Waals surface area contributed by atoms with E-state index >= 15 is 0 Å². The third kappa shape index (κ3) is 5.14. The number of hydrogen-bond acceptors (Lipinski definition) is 7. The quantitative estimate of drug-likeness (QED) is 0.705. The average Bonchev–Trinajstić information content (AvgIpc) is 3.10. The average molecular weight is 411 g/mol. The van der Waals surface area contributed by atoms with Crippen molar-refractivity contribution >= 4 is 11.5 Å². The van der Waals surface area contributed by atoms with Crippen molar-refractivity contribution in [3.05, 3.63) is 46.3 Å². The number of aryl methyl sites for hydroxylation is 3. The second kappa shape index (κ2) is 8.64. The van der Waals surface area contributed by atoms with Gasteiger partial charge in [0.05, 0.1) is 18.9 Å². The second-order valence-electron chi connectivity index (χ2n) is 6.57. The monoisotopic (exact) mass is 411 g/mol. The van der Waals surface area contributed by atoms with Gasteiger partial charge in [0.1, 0.15) is 11.5 Å². The maximum Gasteiger partial charge on any atom is 0.433 e. The summed E-state index contributed by atoms with van der Waals surface area (Å²) in [5.74, 6) is 1.03. The first-order valence-corrected chi connectivity index (χ1v) is 8.92. The van der Waals surface area contributed by atoms with Crippen LogP contribution in [0, 0.1) is 13.8 Å². The maximum absolute atomic E-state index is 12.9. The lowest BCUT2D eigenvalue weighted by Gasteiger charge is -2.17. The molecular weight excluding hydrogens is 391 g/mol. The van der Waals surface area contributed by atoms with Crippen LogP contribution in [0.25, 0.3) is 0 Å². The zero-order chi connectivity index (χ0) is 21.0. The molecule has 1 aromatic heterocycles. The zero-order valence-electron chi connectivity index (χ0n) is 15.9. The third-order valence-corrected chi connectivity index (χ3v) is 4.19. The fraction of sp³-hybridized carbons (Fsp3) is 0.421. The Hall–Kier alpha value is -2.88. The van der Waals surface area contributed by atoms with E-state index in [1.807, 2.05) is 13.0 Å². The van der Waals surface area contributed by atoms with Crippen LogP contribution in [0.15, 0.2) is 32.9 Å². The van der Waals surface area contributed by atoms with Crippen molar-refractivity contribution in [3.63, 3.8) is 0 Å². The number of aromatic nitrogens is 1. The topological polar surface area (TPSA) is 89.4 Å². The van der Waals surface area contributed by atoms with Gasteiger partial charge in [0.15, 0.2) is 18.2 Å². The van der Waals surface area contributed by atoms with E-state index in [1.54, 1.807) is 13.0 Å². The van der Waals surface area contributed by atoms with Crippen LogP contribution in [-0.4, -0.2) is 41.2 Å². The first-order chi connectivity index (χ1) is 13.8. The number of aliphatic hydroxyl groups is 1. The summed E-state index contributed by atoms with van der Waals surface area (Å²) >= 11 is 0. The first kappa shape index (κ1) is 20.8. The molecule has 0 spiro atoms. The van der Waals surface area contributed by atoms with Gasteiger partial charge in [0, 0.05) is 23.6 Å². The van der Waals surface area contributed by atoms with Crippen molar-refractivity contribution in [3.8, 4) is 5.75 Å². The van der Waals surface area contributed by atoms with Crippen LogP contribution in [-0.2, 0) is 17.9 Å². The molecule has 0 aliphatic carbocycles. The van der Waals surface area contributed by atoms with Gasteiger partial charge in [0.25, 0.3) is 0 Å². The van der Waals surface area contributed by atoms with Crippen molar-refractivity contribution in [1.82, 2.24) is 5.16 Å². The molecule has 0 saturated heterocycles. The van der Waals surface area contributed by atoms with Crippen LogP contribution in [0.2, 0.25) is 0 Å². The molecule has 2 aromatic rings. The van der Waals surface area contributed by atoms with E-state index in [0.717, 1.165) is 11.5 Å². The van der Waals surface area contributed by atoms with Crippen LogP contribution in [0.4, 0.5) is 13.2 Å². The number of nitrogens with zero attached hydrogens (tertiary/aromatic N) is 3. The smallest absolute Gasteiger partial charge is 0.433 e. The van der Waals surface area contributed by atoms with E-state index in [9.17, 15) is 18.3 Å². The van der Waals surface area contributed by atoms with Gasteiger partial charge in [-0.2, -0.15) is 13.2 Å². The van der Waals surface area contributed by atoms with E-state index in [0.29, 0.717) is 41.9 Å². The minimum absolute atomic E-state index is 0.200. The lowest BCUT2D eigenvalue weighted by molar-refractivity contribution is -0.0646. The number of rotatable bonds is 7. The normalized spacial score (nSPS) is 14.3. The highest BCUT2D eigenvalue weighted by Crippen LogP contribution is 2.28. The van der Waals surface area contributed by atoms with Gasteiger partial charge in [-0.05, 0) is 38.0 Å². The van der Waals surface area contributed by atoms with Crippen molar-refractivity contribution in [2.45, 2.75) is 39.5 Å². The number of alkyl halides is 3. The van der Waals surface area contributed by atoms with Crippen LogP contribution < -0.4 is 4.74 Å². The molecule has 1 aliphatic rings. The molecule has 1 N–H and O–H groups in total. The molecule has 1 aliphatic heterocycles. The van der Waals surface area contributed by atoms with Crippen molar-refractivity contribution in [1.29, 1.82) is 0 Å². The van der Waals surface area contributed by atoms with Gasteiger partial charge < -0.3 is 19.2 Å². The summed E-state index contributed by atoms with van der Waals surface area (Å²) in [5.41, 5.74) is 1.11. The number of amidine groups is 1. The molecule has 0 amide bonds. The lowest BCUT2D eigenvalue weighted by Crippen LogP contribution is -2.30. The van der Waals surface area contributed by atoms with Crippen LogP contribution in [0.3, 0.4) is 0 Å². The minimum atomic E-state index is -4.60. The Morgan fingerprint density at radius 2 is 2.00 bits per heavy atom. The van der Waals surface area contributed by atoms with E-state index in [4.69, 9.17) is 9.26 Å². The summed E-state index contributed by atoms with van der Waals surface area (Å²) in [7, 11) is 0. The molecule has 0 saturated carbocycles. The number of halogens is 3. The van der Waals surface area contributed by atoms with Gasteiger partial charge in [-0.25, -0.2) is 4.99 Å². The number of aliphatic imine (C=N–C) groups is 1. The number of oxime groups is 1. The van der Waals surface area contributed by atoms with E-state index < -0.39 is 18.5 Å². The predicted molar refractivity (Wildman–Crippen MR) is 98.1 cm³/mol. The highest BCUT2D eigenvalue weighted by Gasteiger charge is 2.38. The summed E-state index contributed by atoms with van der Waals surface area (Å²) in [6.07, 6.45) is -3.28. The zero-order valence-corrected chi connectivity index (χ0v) is 15.9. The number of aliphatic hydroxyl groups excluding tert-OH is 1. The Morgan fingerprint density at radius 1 is 1.21 bits per heavy atom. The van der Waals surface area contributed by atoms with Crippen LogP contribution in [0.5, 0.6) is 5.75 Å². The largest absolute Gasteiger partial charge is 0.493 e. The standard InChI is InChI=1S/C19H20F3N3O4/c1-11-6-13(18-23-16(10-28-25-18)19(20,21)22)8-14(9-26)17(11)27-5-3-4-15-7-12(2)24-29-15/h6-8,26H,3-5,9-10H2,1-2H3. The molecule has 0 fully saturated rings. The Balaban J connectivity index is 1.72. The molecule has 10 heteroatoms. The van der Waals surface area contributed by atoms with Crippen molar-refractivity contribution in [2.75, 3.05) is 13.2 Å². The van der Waals surface area contributed by atoms with Crippen molar-refractivity contribution in [2.24, 2.45) is 10.1 Å². The summed E-state index contributed by atoms with van der Waals surface area (Å²) in [4.78, 5) is 8.23. The van der Waals surface area contributed by atoms with E-state index in [-0.39, 0.29) is 12.4 Å². The molecule has 156 valence electrons. The number of hydrogen-bond donors (Lipinski definition) is 1. The molecule has 0 radical (unpaired) electrons. The Kier molecular flexibility index (Phi) is 6.21. The number of ether oxygens (including phenoxy) is 1. The minimum Gasteiger partial charge on any atom is -0.493 e. The maximum atomic E-state index is 12.9. The summed E-state index contributed by atoms with van der Waals surface area (Å²) in [6.45, 7) is 2.86. The fourth-order valence-electron chi connectivity index (χ4n) is 2.85. The highest BCUT2D eigenvalue weighted by molar-refractivity contribution is 6.09. The summed E-state index contributed by atoms with van der Waals surface area (Å²) < 4.78 is 49.6. The number of benzene rings is 1. The molecule has 7 nitrogen and oxygen atoms in total. The van der Waals surface area contributed by atoms with Gasteiger partial charge in [0.2, 0.25) is 0 Å². The Labute approximate surface area is 164 Å². The van der Waals surface area contributed by atoms with Gasteiger partial charge in [-0.1, -0.05) is 10.3 Å². The van der Waals surface area contributed by atoms with Gasteiger partial charge in [-0.15, -0.1) is 0 Å². The molecule has 0 atom stereocenters. The predicted octanol–water partition coefficient (Wildman–Crippen LogP) is 3.49. The second-order valence-corrected chi connectivity index (χ2v) is 6.57. The van der Waals surface area contributed by atoms with E-state index in [1.165, 1.54) is 6.07 Å². The molecule has 0 bridgehead atoms. The molecule has 0 unspecified atom stereocenters. The molecule has 3 rings (SSSR count). The van der Waals surface area contributed by atoms with Crippen LogP contribution >= 0.6 is 0 Å². The van der Waals surface area contributed by atoms with Gasteiger partial charge >= 0.3 is 6.18 Å². The lowest BCUT2D eigenvalue weighted by atomic mass is 10.0. The van der Waals surface area contributed by atoms with Crippen molar-refractivity contribution < 1.29 is 32.4 Å². The SMILES string of the molecule is Cc1cc(CCCOc2c(C)cc(C3=NOCC(C(F)(F)F)=N3)cc2CO)on1. The first-order valence-electron chi connectivity index (χ1n) is 8.92. The Morgan fingerprint density at radius 3 is 2.66 bits per heavy atom. The summed E-state index contributed by atoms with van der Waals surface area (Å²) in [6, 6.07) is 4.94. The molecule has 1 aromatic carbocycles. The van der Waals surface area contributed by atoms with E-state index in [2.05, 4.69) is 20.1 Å². The fourth-order valence-corrected chi connectivity index (χ4v) is 2.85. The summed E-state index contributed by atoms with van der Waals surface area (Å²) in [5, 5.41) is 17.1. The molecule has 29 heavy (non-hydrogen) atoms. The highest BCUT2D eigenvalue weighted by atomic mass is 19.4. The molecular formula is C19H20F3N3O4. The molecule has 2 heterocycles. The van der Waals surface area contributed by atoms with Crippen LogP contribution in [0.1, 0.15) is 34.6 Å². The third-order valence-electron chi connectivity index (χ3n) is 4.19.